The molecular weight excluding hydrogens is 450 g/mol. The van der Waals surface area contributed by atoms with Crippen LogP contribution in [-0.4, -0.2) is 86.6 Å². The standard InChI is InChI=1S/C20H31N7O7/c1-10(28)16(20(33)34)27-19(32)14(7-11-8-22-9-24-11)26-18(31)13(4-5-15(21)29)25-17(30)12-3-2-6-23-12/h8-10,12-14,16,23,28H,2-7H2,1H3,(H2,21,29)(H,22,24)(H,25,30)(H,26,31)(H,27,32)(H,33,34). The van der Waals surface area contributed by atoms with Crippen molar-refractivity contribution in [3.05, 3.63) is 18.2 Å². The van der Waals surface area contributed by atoms with Gasteiger partial charge in [-0.3, -0.25) is 19.2 Å². The number of aromatic nitrogens is 2. The summed E-state index contributed by atoms with van der Waals surface area (Å²) in [6.07, 6.45) is 2.44. The SMILES string of the molecule is CC(O)C(NC(=O)C(Cc1cnc[nH]1)NC(=O)C(CCC(N)=O)NC(=O)C1CCCN1)C(=O)O. The second kappa shape index (κ2) is 12.6. The van der Waals surface area contributed by atoms with Crippen LogP contribution in [0.4, 0.5) is 0 Å². The van der Waals surface area contributed by atoms with Gasteiger partial charge in [-0.25, -0.2) is 9.78 Å². The molecule has 14 heteroatoms. The van der Waals surface area contributed by atoms with Gasteiger partial charge in [0.25, 0.3) is 0 Å². The molecule has 34 heavy (non-hydrogen) atoms. The lowest BCUT2D eigenvalue weighted by atomic mass is 10.1. The molecule has 1 aromatic rings. The summed E-state index contributed by atoms with van der Waals surface area (Å²) in [5.41, 5.74) is 5.66. The van der Waals surface area contributed by atoms with Gasteiger partial charge in [0.1, 0.15) is 12.1 Å². The van der Waals surface area contributed by atoms with Gasteiger partial charge in [0, 0.05) is 24.7 Å². The van der Waals surface area contributed by atoms with E-state index in [4.69, 9.17) is 5.73 Å². The number of primary amides is 1. The molecule has 1 aliphatic rings. The van der Waals surface area contributed by atoms with Crippen molar-refractivity contribution in [3.63, 3.8) is 0 Å². The van der Waals surface area contributed by atoms with Crippen LogP contribution in [0.5, 0.6) is 0 Å². The molecule has 1 aromatic heterocycles. The summed E-state index contributed by atoms with van der Waals surface area (Å²) in [6, 6.07) is -4.51. The van der Waals surface area contributed by atoms with Gasteiger partial charge in [0.05, 0.1) is 18.5 Å². The number of aliphatic carboxylic acids is 1. The maximum absolute atomic E-state index is 13.0. The zero-order valence-corrected chi connectivity index (χ0v) is 18.7. The Morgan fingerprint density at radius 2 is 1.88 bits per heavy atom. The molecule has 4 amide bonds. The van der Waals surface area contributed by atoms with E-state index in [0.717, 1.165) is 6.42 Å². The highest BCUT2D eigenvalue weighted by Crippen LogP contribution is 2.08. The number of carboxylic acids is 1. The van der Waals surface area contributed by atoms with E-state index in [1.54, 1.807) is 0 Å². The molecule has 1 fully saturated rings. The number of imidazole rings is 1. The summed E-state index contributed by atoms with van der Waals surface area (Å²) >= 11 is 0. The van der Waals surface area contributed by atoms with Crippen molar-refractivity contribution in [3.8, 4) is 0 Å². The van der Waals surface area contributed by atoms with Gasteiger partial charge in [-0.2, -0.15) is 0 Å². The number of H-pyrrole nitrogens is 1. The van der Waals surface area contributed by atoms with E-state index in [1.165, 1.54) is 19.4 Å². The van der Waals surface area contributed by atoms with Gasteiger partial charge in [-0.15, -0.1) is 0 Å². The summed E-state index contributed by atoms with van der Waals surface area (Å²) < 4.78 is 0. The zero-order chi connectivity index (χ0) is 25.3. The van der Waals surface area contributed by atoms with E-state index >= 15 is 0 Å². The molecule has 0 aromatic carbocycles. The molecule has 0 spiro atoms. The Labute approximate surface area is 195 Å². The van der Waals surface area contributed by atoms with Crippen LogP contribution in [0.2, 0.25) is 0 Å². The summed E-state index contributed by atoms with van der Waals surface area (Å²) in [7, 11) is 0. The summed E-state index contributed by atoms with van der Waals surface area (Å²) in [5, 5.41) is 29.2. The minimum atomic E-state index is -1.60. The number of nitrogens with two attached hydrogens (primary N) is 1. The first-order valence-electron chi connectivity index (χ1n) is 10.9. The monoisotopic (exact) mass is 481 g/mol. The van der Waals surface area contributed by atoms with E-state index in [9.17, 15) is 34.2 Å². The van der Waals surface area contributed by atoms with Gasteiger partial charge in [0.2, 0.25) is 23.6 Å². The van der Waals surface area contributed by atoms with Gasteiger partial charge in [-0.05, 0) is 32.7 Å². The van der Waals surface area contributed by atoms with E-state index < -0.39 is 59.9 Å². The molecule has 2 heterocycles. The smallest absolute Gasteiger partial charge is 0.328 e. The number of aliphatic hydroxyl groups excluding tert-OH is 1. The molecule has 0 saturated carbocycles. The largest absolute Gasteiger partial charge is 0.480 e. The van der Waals surface area contributed by atoms with Crippen LogP contribution in [0.1, 0.15) is 38.3 Å². The lowest BCUT2D eigenvalue weighted by molar-refractivity contribution is -0.145. The third-order valence-corrected chi connectivity index (χ3v) is 5.35. The average molecular weight is 482 g/mol. The van der Waals surface area contributed by atoms with Gasteiger partial charge in [-0.1, -0.05) is 0 Å². The number of aromatic amines is 1. The van der Waals surface area contributed by atoms with E-state index in [1.807, 2.05) is 0 Å². The lowest BCUT2D eigenvalue weighted by Gasteiger charge is -2.25. The Kier molecular flexibility index (Phi) is 9.94. The molecule has 9 N–H and O–H groups in total. The first-order chi connectivity index (χ1) is 16.1. The van der Waals surface area contributed by atoms with Crippen molar-refractivity contribution in [2.45, 2.75) is 69.3 Å². The highest BCUT2D eigenvalue weighted by Gasteiger charge is 2.33. The van der Waals surface area contributed by atoms with Crippen molar-refractivity contribution in [1.29, 1.82) is 0 Å². The highest BCUT2D eigenvalue weighted by molar-refractivity contribution is 5.94. The Hall–Kier alpha value is -3.52. The number of carbonyl (C=O) groups is 5. The Bertz CT molecular complexity index is 869. The fourth-order valence-corrected chi connectivity index (χ4v) is 3.48. The van der Waals surface area contributed by atoms with Crippen LogP contribution in [-0.2, 0) is 30.4 Å². The number of carbonyl (C=O) groups excluding carboxylic acids is 4. The quantitative estimate of drug-likeness (QED) is 0.142. The van der Waals surface area contributed by atoms with Crippen molar-refractivity contribution in [2.75, 3.05) is 6.54 Å². The van der Waals surface area contributed by atoms with Crippen molar-refractivity contribution >= 4 is 29.6 Å². The number of nitrogens with zero attached hydrogens (tertiary/aromatic N) is 1. The predicted molar refractivity (Wildman–Crippen MR) is 117 cm³/mol. The second-order valence-electron chi connectivity index (χ2n) is 8.12. The van der Waals surface area contributed by atoms with Crippen LogP contribution in [0.3, 0.4) is 0 Å². The summed E-state index contributed by atoms with van der Waals surface area (Å²) in [6.45, 7) is 1.87. The van der Waals surface area contributed by atoms with Crippen molar-refractivity contribution in [2.24, 2.45) is 5.73 Å². The molecule has 0 radical (unpaired) electrons. The number of aliphatic hydroxyl groups is 1. The maximum atomic E-state index is 13.0. The van der Waals surface area contributed by atoms with Crippen LogP contribution >= 0.6 is 0 Å². The fourth-order valence-electron chi connectivity index (χ4n) is 3.48. The molecule has 188 valence electrons. The predicted octanol–water partition coefficient (Wildman–Crippen LogP) is -3.11. The second-order valence-corrected chi connectivity index (χ2v) is 8.12. The molecule has 2 rings (SSSR count). The van der Waals surface area contributed by atoms with E-state index in [2.05, 4.69) is 31.2 Å². The molecule has 14 nitrogen and oxygen atoms in total. The third kappa shape index (κ3) is 8.12. The van der Waals surface area contributed by atoms with Crippen LogP contribution in [0, 0.1) is 0 Å². The van der Waals surface area contributed by atoms with Crippen LogP contribution in [0.25, 0.3) is 0 Å². The van der Waals surface area contributed by atoms with Gasteiger partial charge in [0.15, 0.2) is 6.04 Å². The molecule has 0 aliphatic carbocycles. The molecule has 1 saturated heterocycles. The van der Waals surface area contributed by atoms with E-state index in [0.29, 0.717) is 18.7 Å². The van der Waals surface area contributed by atoms with Gasteiger partial charge < -0.3 is 42.2 Å². The highest BCUT2D eigenvalue weighted by atomic mass is 16.4. The third-order valence-electron chi connectivity index (χ3n) is 5.35. The fraction of sp³-hybridized carbons (Fsp3) is 0.600. The minimum Gasteiger partial charge on any atom is -0.480 e. The molecule has 0 bridgehead atoms. The number of amides is 4. The Morgan fingerprint density at radius 1 is 1.18 bits per heavy atom. The first-order valence-corrected chi connectivity index (χ1v) is 10.9. The maximum Gasteiger partial charge on any atom is 0.328 e. The Balaban J connectivity index is 2.17. The molecule has 5 unspecified atom stereocenters. The number of nitrogens with one attached hydrogen (secondary N) is 5. The van der Waals surface area contributed by atoms with E-state index in [-0.39, 0.29) is 19.3 Å². The average Bonchev–Trinajstić information content (AvgIpc) is 3.47. The number of hydrogen-bond donors (Lipinski definition) is 8. The summed E-state index contributed by atoms with van der Waals surface area (Å²) in [5.74, 6) is -4.16. The lowest BCUT2D eigenvalue weighted by Crippen LogP contribution is -2.58. The van der Waals surface area contributed by atoms with Gasteiger partial charge >= 0.3 is 5.97 Å². The first kappa shape index (κ1) is 26.7. The van der Waals surface area contributed by atoms with Crippen molar-refractivity contribution in [1.82, 2.24) is 31.2 Å². The topological polar surface area (TPSA) is 229 Å². The molecular formula is C20H31N7O7. The Morgan fingerprint density at radius 3 is 2.41 bits per heavy atom. The van der Waals surface area contributed by atoms with Crippen molar-refractivity contribution < 1.29 is 34.2 Å². The number of hydrogen-bond acceptors (Lipinski definition) is 8. The van der Waals surface area contributed by atoms with Crippen LogP contribution < -0.4 is 27.0 Å². The molecule has 1 aliphatic heterocycles. The number of rotatable bonds is 13. The van der Waals surface area contributed by atoms with Crippen LogP contribution in [0.15, 0.2) is 12.5 Å². The normalized spacial score (nSPS) is 18.8. The number of carboxylic acid groups (broad SMARTS) is 1. The summed E-state index contributed by atoms with van der Waals surface area (Å²) in [4.78, 5) is 67.7. The zero-order valence-electron chi connectivity index (χ0n) is 18.7. The molecule has 5 atom stereocenters. The minimum absolute atomic E-state index is 0.0790.